The summed E-state index contributed by atoms with van der Waals surface area (Å²) in [6.45, 7) is 9.04. The van der Waals surface area contributed by atoms with Crippen molar-refractivity contribution < 1.29 is 9.47 Å². The van der Waals surface area contributed by atoms with Crippen LogP contribution in [0.5, 0.6) is 17.2 Å². The molecule has 194 valence electrons. The Morgan fingerprint density at radius 1 is 0.579 bits per heavy atom. The van der Waals surface area contributed by atoms with E-state index < -0.39 is 0 Å². The summed E-state index contributed by atoms with van der Waals surface area (Å²) in [5, 5.41) is 0. The molecule has 0 amide bonds. The first-order valence-electron chi connectivity index (χ1n) is 13.6. The molecule has 0 saturated heterocycles. The number of benzene rings is 4. The van der Waals surface area contributed by atoms with Crippen molar-refractivity contribution in [2.24, 2.45) is 4.99 Å². The minimum Gasteiger partial charge on any atom is -0.488 e. The molecule has 9 rings (SSSR count). The van der Waals surface area contributed by atoms with E-state index in [1.54, 1.807) is 0 Å². The molecule has 0 saturated carbocycles. The Hall–Kier alpha value is -3.85. The lowest BCUT2D eigenvalue weighted by Gasteiger charge is -2.29. The number of fused-ring (bicyclic) bond motifs is 1. The van der Waals surface area contributed by atoms with Crippen LogP contribution in [0.25, 0.3) is 0 Å². The maximum atomic E-state index is 6.34. The Balaban J connectivity index is 1.53. The highest BCUT2D eigenvalue weighted by Crippen LogP contribution is 2.33. The maximum absolute atomic E-state index is 6.34. The van der Waals surface area contributed by atoms with Crippen LogP contribution in [0, 0.1) is 0 Å². The lowest BCUT2D eigenvalue weighted by atomic mass is 9.79. The van der Waals surface area contributed by atoms with E-state index in [9.17, 15) is 0 Å². The highest BCUT2D eigenvalue weighted by Gasteiger charge is 2.23. The summed E-state index contributed by atoms with van der Waals surface area (Å²) in [6, 6.07) is 35.2. The molecule has 5 aliphatic rings. The molecule has 0 radical (unpaired) electrons. The summed E-state index contributed by atoms with van der Waals surface area (Å²) in [6.07, 6.45) is 4.41. The van der Waals surface area contributed by atoms with Gasteiger partial charge in [0.2, 0.25) is 0 Å². The van der Waals surface area contributed by atoms with E-state index in [2.05, 4.69) is 64.1 Å². The van der Waals surface area contributed by atoms with Crippen LogP contribution in [0.1, 0.15) is 70.1 Å². The van der Waals surface area contributed by atoms with E-state index in [1.807, 2.05) is 66.7 Å². The zero-order valence-corrected chi connectivity index (χ0v) is 22.9. The second-order valence-corrected chi connectivity index (χ2v) is 11.4. The molecule has 4 aromatic carbocycles. The zero-order valence-electron chi connectivity index (χ0n) is 22.9. The predicted octanol–water partition coefficient (Wildman–Crippen LogP) is 9.66. The van der Waals surface area contributed by atoms with Gasteiger partial charge in [0.1, 0.15) is 22.8 Å². The average molecular weight is 504 g/mol. The van der Waals surface area contributed by atoms with Crippen molar-refractivity contribution in [1.82, 2.24) is 0 Å². The van der Waals surface area contributed by atoms with Gasteiger partial charge in [0.25, 0.3) is 0 Å². The number of aliphatic imine (C=N–C) groups is 1. The van der Waals surface area contributed by atoms with Crippen LogP contribution in [-0.2, 0) is 5.41 Å². The van der Waals surface area contributed by atoms with Gasteiger partial charge in [0.15, 0.2) is 0 Å². The minimum atomic E-state index is -0.225. The minimum absolute atomic E-state index is 0.0911. The van der Waals surface area contributed by atoms with Crippen LogP contribution >= 0.6 is 0 Å². The number of hydrogen-bond donors (Lipinski definition) is 0. The van der Waals surface area contributed by atoms with Gasteiger partial charge < -0.3 is 9.47 Å². The highest BCUT2D eigenvalue weighted by molar-refractivity contribution is 6.14. The summed E-state index contributed by atoms with van der Waals surface area (Å²) in [5.74, 6) is 2.43. The SMILES string of the molecule is CC1(C)CCCCC(C)(C)c2ccc(cc2)/C(=N\c2ccccc2)c2ccc(cc2)Oc2ccc(cc2)O1. The predicted molar refractivity (Wildman–Crippen MR) is 157 cm³/mol. The molecular formula is C35H37NO2. The third-order valence-corrected chi connectivity index (χ3v) is 7.35. The molecule has 6 bridgehead atoms. The molecule has 0 N–H and O–H groups in total. The van der Waals surface area contributed by atoms with Crippen molar-refractivity contribution in [3.05, 3.63) is 120 Å². The van der Waals surface area contributed by atoms with Crippen LogP contribution in [-0.4, -0.2) is 11.3 Å². The van der Waals surface area contributed by atoms with E-state index in [-0.39, 0.29) is 11.0 Å². The zero-order chi connectivity index (χ0) is 26.6. The average Bonchev–Trinajstić information content (AvgIpc) is 2.92. The molecule has 5 aliphatic heterocycles. The fourth-order valence-corrected chi connectivity index (χ4v) is 5.03. The molecule has 5 heterocycles. The highest BCUT2D eigenvalue weighted by atomic mass is 16.5. The molecule has 4 aromatic rings. The maximum Gasteiger partial charge on any atom is 0.127 e. The van der Waals surface area contributed by atoms with Gasteiger partial charge in [-0.3, -0.25) is 0 Å². The fraction of sp³-hybridized carbons (Fsp3) is 0.286. The van der Waals surface area contributed by atoms with Gasteiger partial charge in [-0.2, -0.15) is 0 Å². The summed E-state index contributed by atoms with van der Waals surface area (Å²) < 4.78 is 12.5. The van der Waals surface area contributed by atoms with Gasteiger partial charge in [0.05, 0.1) is 11.4 Å². The van der Waals surface area contributed by atoms with Crippen molar-refractivity contribution in [2.45, 2.75) is 64.4 Å². The van der Waals surface area contributed by atoms with Crippen molar-refractivity contribution in [1.29, 1.82) is 0 Å². The normalized spacial score (nSPS) is 17.9. The number of ether oxygens (including phenoxy) is 2. The second kappa shape index (κ2) is 10.9. The lowest BCUT2D eigenvalue weighted by molar-refractivity contribution is 0.0954. The van der Waals surface area contributed by atoms with Crippen LogP contribution in [0.4, 0.5) is 5.69 Å². The Labute approximate surface area is 227 Å². The molecule has 0 atom stereocenters. The smallest absolute Gasteiger partial charge is 0.127 e. The lowest BCUT2D eigenvalue weighted by Crippen LogP contribution is -2.28. The standard InChI is InChI=1S/C35H37NO2/c1-34(2)24-8-9-25-35(3,4)38-32-22-20-31(21-23-32)37-30-18-14-27(15-19-30)33(26-12-16-28(34)17-13-26)36-29-10-6-5-7-11-29/h5-7,10-23H,8-9,24-25H2,1-4H3/b36-33+. The molecule has 3 nitrogen and oxygen atoms in total. The molecule has 3 heteroatoms. The Bertz CT molecular complexity index is 1370. The van der Waals surface area contributed by atoms with E-state index in [4.69, 9.17) is 14.5 Å². The van der Waals surface area contributed by atoms with Gasteiger partial charge >= 0.3 is 0 Å². The first kappa shape index (κ1) is 25.8. The van der Waals surface area contributed by atoms with Gasteiger partial charge in [-0.05, 0) is 105 Å². The molecule has 0 fully saturated rings. The Morgan fingerprint density at radius 3 is 1.74 bits per heavy atom. The topological polar surface area (TPSA) is 30.8 Å². The first-order chi connectivity index (χ1) is 18.3. The van der Waals surface area contributed by atoms with Crippen molar-refractivity contribution in [3.8, 4) is 17.2 Å². The summed E-state index contributed by atoms with van der Waals surface area (Å²) in [5.41, 5.74) is 5.24. The Kier molecular flexibility index (Phi) is 7.37. The fourth-order valence-electron chi connectivity index (χ4n) is 5.03. The van der Waals surface area contributed by atoms with Gasteiger partial charge in [-0.25, -0.2) is 4.99 Å². The van der Waals surface area contributed by atoms with E-state index in [0.29, 0.717) is 0 Å². The van der Waals surface area contributed by atoms with Crippen LogP contribution in [0.15, 0.2) is 108 Å². The van der Waals surface area contributed by atoms with Crippen molar-refractivity contribution in [3.63, 3.8) is 0 Å². The van der Waals surface area contributed by atoms with E-state index in [1.165, 1.54) is 5.56 Å². The monoisotopic (exact) mass is 503 g/mol. The molecule has 0 unspecified atom stereocenters. The molecule has 38 heavy (non-hydrogen) atoms. The third kappa shape index (κ3) is 6.34. The molecule has 0 aliphatic carbocycles. The van der Waals surface area contributed by atoms with Crippen molar-refractivity contribution in [2.75, 3.05) is 0 Å². The first-order valence-corrected chi connectivity index (χ1v) is 13.6. The quantitative estimate of drug-likeness (QED) is 0.259. The summed E-state index contributed by atoms with van der Waals surface area (Å²) in [7, 11) is 0. The van der Waals surface area contributed by atoms with Crippen LogP contribution in [0.3, 0.4) is 0 Å². The number of hydrogen-bond acceptors (Lipinski definition) is 3. The van der Waals surface area contributed by atoms with E-state index >= 15 is 0 Å². The summed E-state index contributed by atoms with van der Waals surface area (Å²) in [4.78, 5) is 5.06. The number of nitrogens with zero attached hydrogens (tertiary/aromatic N) is 1. The van der Waals surface area contributed by atoms with Gasteiger partial charge in [-0.15, -0.1) is 0 Å². The molecular weight excluding hydrogens is 466 g/mol. The van der Waals surface area contributed by atoms with Crippen LogP contribution in [0.2, 0.25) is 0 Å². The number of rotatable bonds is 1. The molecule has 0 aromatic heterocycles. The van der Waals surface area contributed by atoms with Crippen molar-refractivity contribution >= 4 is 11.4 Å². The van der Waals surface area contributed by atoms with Crippen LogP contribution < -0.4 is 9.47 Å². The largest absolute Gasteiger partial charge is 0.488 e. The summed E-state index contributed by atoms with van der Waals surface area (Å²) >= 11 is 0. The Morgan fingerprint density at radius 2 is 1.11 bits per heavy atom. The third-order valence-electron chi connectivity index (χ3n) is 7.35. The van der Waals surface area contributed by atoms with Gasteiger partial charge in [-0.1, -0.05) is 62.7 Å². The second-order valence-electron chi connectivity index (χ2n) is 11.4. The molecule has 0 spiro atoms. The van der Waals surface area contributed by atoms with Gasteiger partial charge in [0, 0.05) is 11.1 Å². The number of para-hydroxylation sites is 1. The van der Waals surface area contributed by atoms with E-state index in [0.717, 1.165) is 65.5 Å².